The quantitative estimate of drug-likeness (QED) is 0.854. The summed E-state index contributed by atoms with van der Waals surface area (Å²) in [7, 11) is 0. The zero-order valence-electron chi connectivity index (χ0n) is 13.1. The molecule has 1 saturated heterocycles. The van der Waals surface area contributed by atoms with Crippen molar-refractivity contribution < 1.29 is 13.9 Å². The summed E-state index contributed by atoms with van der Waals surface area (Å²) in [5.41, 5.74) is 1.14. The lowest BCUT2D eigenvalue weighted by Crippen LogP contribution is -2.44. The fraction of sp³-hybridized carbons (Fsp3) is 0.412. The van der Waals surface area contributed by atoms with E-state index in [9.17, 15) is 9.59 Å². The first-order valence-electron chi connectivity index (χ1n) is 7.78. The Balaban J connectivity index is 1.66. The first-order valence-corrected chi connectivity index (χ1v) is 7.78. The lowest BCUT2D eigenvalue weighted by atomic mass is 10.1. The van der Waals surface area contributed by atoms with Gasteiger partial charge in [-0.1, -0.05) is 11.6 Å². The average molecular weight is 316 g/mol. The predicted octanol–water partition coefficient (Wildman–Crippen LogP) is 1.16. The van der Waals surface area contributed by atoms with E-state index < -0.39 is 5.97 Å². The predicted molar refractivity (Wildman–Crippen MR) is 86.8 cm³/mol. The minimum Gasteiger partial charge on any atom is -0.458 e. The molecule has 2 heterocycles. The van der Waals surface area contributed by atoms with Crippen LogP contribution in [-0.4, -0.2) is 50.2 Å². The van der Waals surface area contributed by atoms with Crippen LogP contribution in [0.15, 0.2) is 33.5 Å². The maximum Gasteiger partial charge on any atom is 0.374 e. The smallest absolute Gasteiger partial charge is 0.374 e. The Bertz CT molecular complexity index is 763. The summed E-state index contributed by atoms with van der Waals surface area (Å²) in [5.74, 6) is -0.647. The second-order valence-corrected chi connectivity index (χ2v) is 5.70. The van der Waals surface area contributed by atoms with Crippen LogP contribution in [0.5, 0.6) is 0 Å². The first kappa shape index (κ1) is 15.7. The van der Waals surface area contributed by atoms with Crippen LogP contribution in [0.25, 0.3) is 11.0 Å². The van der Waals surface area contributed by atoms with E-state index in [0.717, 1.165) is 31.7 Å². The van der Waals surface area contributed by atoms with E-state index in [0.29, 0.717) is 17.5 Å². The van der Waals surface area contributed by atoms with Crippen LogP contribution in [0.2, 0.25) is 0 Å². The van der Waals surface area contributed by atoms with E-state index in [4.69, 9.17) is 9.15 Å². The highest BCUT2D eigenvalue weighted by molar-refractivity contribution is 5.89. The Morgan fingerprint density at radius 2 is 2.09 bits per heavy atom. The van der Waals surface area contributed by atoms with Gasteiger partial charge in [0.2, 0.25) is 5.76 Å². The van der Waals surface area contributed by atoms with Gasteiger partial charge in [0.05, 0.1) is 5.39 Å². The summed E-state index contributed by atoms with van der Waals surface area (Å²) >= 11 is 0. The second-order valence-electron chi connectivity index (χ2n) is 5.70. The maximum atomic E-state index is 12.1. The third kappa shape index (κ3) is 3.78. The second kappa shape index (κ2) is 6.93. The topological polar surface area (TPSA) is 71.8 Å². The molecule has 0 spiro atoms. The standard InChI is InChI=1S/C17H20N2O4/c1-12-2-3-15-13(10-12)14(20)11-16(23-15)17(21)22-9-8-19-6-4-18-5-7-19/h2-3,10-11,18H,4-9H2,1H3. The van der Waals surface area contributed by atoms with Crippen molar-refractivity contribution in [3.63, 3.8) is 0 Å². The van der Waals surface area contributed by atoms with Gasteiger partial charge in [0, 0.05) is 38.8 Å². The largest absolute Gasteiger partial charge is 0.458 e. The van der Waals surface area contributed by atoms with Crippen molar-refractivity contribution >= 4 is 16.9 Å². The van der Waals surface area contributed by atoms with E-state index in [1.54, 1.807) is 12.1 Å². The van der Waals surface area contributed by atoms with Crippen LogP contribution in [-0.2, 0) is 4.74 Å². The van der Waals surface area contributed by atoms with Crippen LogP contribution in [0.3, 0.4) is 0 Å². The number of carbonyl (C=O) groups excluding carboxylic acids is 1. The van der Waals surface area contributed by atoms with Crippen molar-refractivity contribution in [2.24, 2.45) is 0 Å². The number of ether oxygens (including phenoxy) is 1. The van der Waals surface area contributed by atoms with Crippen LogP contribution in [0.1, 0.15) is 16.1 Å². The number of fused-ring (bicyclic) bond motifs is 1. The van der Waals surface area contributed by atoms with Gasteiger partial charge in [0.25, 0.3) is 0 Å². The zero-order valence-corrected chi connectivity index (χ0v) is 13.1. The number of hydrogen-bond acceptors (Lipinski definition) is 6. The monoisotopic (exact) mass is 316 g/mol. The van der Waals surface area contributed by atoms with Gasteiger partial charge in [0.15, 0.2) is 5.43 Å². The average Bonchev–Trinajstić information content (AvgIpc) is 2.56. The Morgan fingerprint density at radius 1 is 1.30 bits per heavy atom. The van der Waals surface area contributed by atoms with Gasteiger partial charge in [-0.3, -0.25) is 9.69 Å². The number of hydrogen-bond donors (Lipinski definition) is 1. The molecule has 1 aliphatic rings. The molecule has 0 amide bonds. The number of benzene rings is 1. The molecule has 23 heavy (non-hydrogen) atoms. The zero-order chi connectivity index (χ0) is 16.2. The fourth-order valence-electron chi connectivity index (χ4n) is 2.64. The number of esters is 1. The number of nitrogens with one attached hydrogen (secondary N) is 1. The van der Waals surface area contributed by atoms with E-state index in [-0.39, 0.29) is 17.8 Å². The Morgan fingerprint density at radius 3 is 2.87 bits per heavy atom. The fourth-order valence-corrected chi connectivity index (χ4v) is 2.64. The molecule has 1 aromatic heterocycles. The van der Waals surface area contributed by atoms with Crippen LogP contribution in [0, 0.1) is 6.92 Å². The minimum atomic E-state index is -0.597. The van der Waals surface area contributed by atoms with Crippen molar-refractivity contribution in [1.82, 2.24) is 10.2 Å². The SMILES string of the molecule is Cc1ccc2oc(C(=O)OCCN3CCNCC3)cc(=O)c2c1. The molecule has 0 bridgehead atoms. The molecule has 0 unspecified atom stereocenters. The third-order valence-electron chi connectivity index (χ3n) is 3.93. The highest BCUT2D eigenvalue weighted by atomic mass is 16.5. The molecule has 1 fully saturated rings. The highest BCUT2D eigenvalue weighted by Gasteiger charge is 2.15. The van der Waals surface area contributed by atoms with E-state index >= 15 is 0 Å². The molecule has 6 nitrogen and oxygen atoms in total. The first-order chi connectivity index (χ1) is 11.1. The van der Waals surface area contributed by atoms with Crippen LogP contribution < -0.4 is 10.7 Å². The van der Waals surface area contributed by atoms with Gasteiger partial charge < -0.3 is 14.5 Å². The third-order valence-corrected chi connectivity index (χ3v) is 3.93. The molecular weight excluding hydrogens is 296 g/mol. The number of rotatable bonds is 4. The molecule has 0 aliphatic carbocycles. The molecular formula is C17H20N2O4. The van der Waals surface area contributed by atoms with Gasteiger partial charge >= 0.3 is 5.97 Å². The number of carbonyl (C=O) groups is 1. The van der Waals surface area contributed by atoms with Gasteiger partial charge in [0.1, 0.15) is 12.2 Å². The molecule has 1 aliphatic heterocycles. The van der Waals surface area contributed by atoms with Crippen molar-refractivity contribution in [1.29, 1.82) is 0 Å². The molecule has 0 saturated carbocycles. The van der Waals surface area contributed by atoms with Gasteiger partial charge in [-0.15, -0.1) is 0 Å². The Hall–Kier alpha value is -2.18. The van der Waals surface area contributed by atoms with Crippen LogP contribution >= 0.6 is 0 Å². The summed E-state index contributed by atoms with van der Waals surface area (Å²) in [5, 5.41) is 3.74. The molecule has 3 rings (SSSR count). The summed E-state index contributed by atoms with van der Waals surface area (Å²) in [4.78, 5) is 26.4. The van der Waals surface area contributed by atoms with Crippen LogP contribution in [0.4, 0.5) is 0 Å². The van der Waals surface area contributed by atoms with Crippen molar-refractivity contribution in [2.45, 2.75) is 6.92 Å². The summed E-state index contributed by atoms with van der Waals surface area (Å²) in [6.07, 6.45) is 0. The van der Waals surface area contributed by atoms with Crippen molar-refractivity contribution in [2.75, 3.05) is 39.3 Å². The van der Waals surface area contributed by atoms with Gasteiger partial charge in [-0.05, 0) is 19.1 Å². The number of aryl methyl sites for hydroxylation is 1. The Labute approximate surface area is 134 Å². The molecule has 0 radical (unpaired) electrons. The lowest BCUT2D eigenvalue weighted by molar-refractivity contribution is 0.0421. The lowest BCUT2D eigenvalue weighted by Gasteiger charge is -2.26. The summed E-state index contributed by atoms with van der Waals surface area (Å²) in [6.45, 7) is 6.67. The van der Waals surface area contributed by atoms with E-state index in [2.05, 4.69) is 10.2 Å². The molecule has 0 atom stereocenters. The maximum absolute atomic E-state index is 12.1. The highest BCUT2D eigenvalue weighted by Crippen LogP contribution is 2.14. The summed E-state index contributed by atoms with van der Waals surface area (Å²) < 4.78 is 10.7. The minimum absolute atomic E-state index is 0.0494. The molecule has 1 N–H and O–H groups in total. The van der Waals surface area contributed by atoms with Crippen molar-refractivity contribution in [3.05, 3.63) is 45.8 Å². The van der Waals surface area contributed by atoms with Gasteiger partial charge in [-0.2, -0.15) is 0 Å². The van der Waals surface area contributed by atoms with E-state index in [1.165, 1.54) is 6.07 Å². The number of piperazine rings is 1. The van der Waals surface area contributed by atoms with E-state index in [1.807, 2.05) is 13.0 Å². The molecule has 1 aromatic carbocycles. The molecule has 2 aromatic rings. The molecule has 6 heteroatoms. The number of nitrogens with zero attached hydrogens (tertiary/aromatic N) is 1. The summed E-state index contributed by atoms with van der Waals surface area (Å²) in [6, 6.07) is 6.49. The van der Waals surface area contributed by atoms with Crippen molar-refractivity contribution in [3.8, 4) is 0 Å². The molecule has 122 valence electrons. The van der Waals surface area contributed by atoms with Gasteiger partial charge in [-0.25, -0.2) is 4.79 Å². The Kier molecular flexibility index (Phi) is 4.73. The normalized spacial score (nSPS) is 15.7.